The molecule has 98 valence electrons. The second-order valence-corrected chi connectivity index (χ2v) is 3.37. The van der Waals surface area contributed by atoms with Crippen LogP contribution in [0.3, 0.4) is 0 Å². The number of nitrogens with one attached hydrogen (secondary N) is 1. The molecule has 3 nitrogen and oxygen atoms in total. The van der Waals surface area contributed by atoms with Crippen LogP contribution in [-0.2, 0) is 6.18 Å². The van der Waals surface area contributed by atoms with Crippen molar-refractivity contribution >= 4 is 10.9 Å². The third-order valence-corrected chi connectivity index (χ3v) is 2.34. The molecule has 0 bridgehead atoms. The SMILES string of the molecule is CC.Cc1c(C(F)(F)F)c2ccncc2[nH]c1=O. The molecular weight excluding hydrogens is 245 g/mol. The summed E-state index contributed by atoms with van der Waals surface area (Å²) in [7, 11) is 0. The van der Waals surface area contributed by atoms with E-state index in [1.165, 1.54) is 18.5 Å². The predicted octanol–water partition coefficient (Wildman–Crippen LogP) is 3.28. The molecule has 0 aliphatic heterocycles. The van der Waals surface area contributed by atoms with E-state index in [1.54, 1.807) is 0 Å². The summed E-state index contributed by atoms with van der Waals surface area (Å²) in [5.41, 5.74) is -1.88. The van der Waals surface area contributed by atoms with E-state index in [9.17, 15) is 18.0 Å². The first-order valence-corrected chi connectivity index (χ1v) is 5.45. The fraction of sp³-hybridized carbons (Fsp3) is 0.333. The highest BCUT2D eigenvalue weighted by Gasteiger charge is 2.35. The molecular formula is C12H13F3N2O. The van der Waals surface area contributed by atoms with Crippen molar-refractivity contribution in [2.75, 3.05) is 0 Å². The number of hydrogen-bond donors (Lipinski definition) is 1. The fourth-order valence-corrected chi connectivity index (χ4v) is 1.61. The highest BCUT2D eigenvalue weighted by atomic mass is 19.4. The van der Waals surface area contributed by atoms with Crippen LogP contribution in [0, 0.1) is 6.92 Å². The van der Waals surface area contributed by atoms with Crippen LogP contribution in [0.4, 0.5) is 13.2 Å². The molecule has 1 N–H and O–H groups in total. The molecule has 0 amide bonds. The fourth-order valence-electron chi connectivity index (χ4n) is 1.61. The van der Waals surface area contributed by atoms with Gasteiger partial charge in [0.15, 0.2) is 0 Å². The highest BCUT2D eigenvalue weighted by Crippen LogP contribution is 2.34. The Morgan fingerprint density at radius 2 is 1.89 bits per heavy atom. The van der Waals surface area contributed by atoms with Gasteiger partial charge in [-0.2, -0.15) is 13.2 Å². The molecule has 0 fully saturated rings. The number of halogens is 3. The normalized spacial score (nSPS) is 11.0. The highest BCUT2D eigenvalue weighted by molar-refractivity contribution is 5.82. The van der Waals surface area contributed by atoms with Gasteiger partial charge in [-0.15, -0.1) is 0 Å². The summed E-state index contributed by atoms with van der Waals surface area (Å²) in [5.74, 6) is 0. The molecule has 0 radical (unpaired) electrons. The van der Waals surface area contributed by atoms with E-state index in [2.05, 4.69) is 9.97 Å². The minimum Gasteiger partial charge on any atom is -0.320 e. The molecule has 2 heterocycles. The van der Waals surface area contributed by atoms with Gasteiger partial charge in [-0.05, 0) is 13.0 Å². The van der Waals surface area contributed by atoms with E-state index < -0.39 is 17.3 Å². The predicted molar refractivity (Wildman–Crippen MR) is 63.5 cm³/mol. The van der Waals surface area contributed by atoms with Crippen LogP contribution >= 0.6 is 0 Å². The summed E-state index contributed by atoms with van der Waals surface area (Å²) < 4.78 is 38.4. The van der Waals surface area contributed by atoms with Gasteiger partial charge in [-0.25, -0.2) is 0 Å². The van der Waals surface area contributed by atoms with E-state index in [0.717, 1.165) is 6.92 Å². The molecule has 0 aromatic carbocycles. The first-order chi connectivity index (χ1) is 8.41. The maximum Gasteiger partial charge on any atom is 0.417 e. The summed E-state index contributed by atoms with van der Waals surface area (Å²) in [6.45, 7) is 5.15. The van der Waals surface area contributed by atoms with E-state index >= 15 is 0 Å². The van der Waals surface area contributed by atoms with Crippen molar-refractivity contribution in [2.24, 2.45) is 0 Å². The minimum atomic E-state index is -4.54. The Kier molecular flexibility index (Phi) is 4.11. The number of fused-ring (bicyclic) bond motifs is 1. The lowest BCUT2D eigenvalue weighted by Gasteiger charge is -2.12. The van der Waals surface area contributed by atoms with Gasteiger partial charge in [0.25, 0.3) is 5.56 Å². The molecule has 6 heteroatoms. The Morgan fingerprint density at radius 3 is 2.44 bits per heavy atom. The summed E-state index contributed by atoms with van der Waals surface area (Å²) >= 11 is 0. The maximum absolute atomic E-state index is 12.8. The zero-order valence-corrected chi connectivity index (χ0v) is 10.2. The molecule has 0 unspecified atom stereocenters. The maximum atomic E-state index is 12.8. The average molecular weight is 258 g/mol. The van der Waals surface area contributed by atoms with E-state index in [4.69, 9.17) is 0 Å². The minimum absolute atomic E-state index is 0.0420. The zero-order chi connectivity index (χ0) is 13.9. The molecule has 0 saturated heterocycles. The van der Waals surface area contributed by atoms with Gasteiger partial charge in [0, 0.05) is 17.1 Å². The number of aromatic nitrogens is 2. The molecule has 0 aliphatic carbocycles. The molecule has 2 aromatic rings. The number of aromatic amines is 1. The second kappa shape index (κ2) is 5.20. The Bertz CT molecular complexity index is 602. The number of hydrogen-bond acceptors (Lipinski definition) is 2. The summed E-state index contributed by atoms with van der Waals surface area (Å²) in [4.78, 5) is 17.3. The topological polar surface area (TPSA) is 45.8 Å². The van der Waals surface area contributed by atoms with Crippen molar-refractivity contribution in [3.8, 4) is 0 Å². The Hall–Kier alpha value is -1.85. The molecule has 2 rings (SSSR count). The van der Waals surface area contributed by atoms with Crippen LogP contribution < -0.4 is 5.56 Å². The van der Waals surface area contributed by atoms with Gasteiger partial charge < -0.3 is 4.98 Å². The first kappa shape index (κ1) is 14.2. The number of nitrogens with zero attached hydrogens (tertiary/aromatic N) is 1. The van der Waals surface area contributed by atoms with Gasteiger partial charge in [-0.3, -0.25) is 9.78 Å². The molecule has 0 atom stereocenters. The van der Waals surface area contributed by atoms with Crippen molar-refractivity contribution in [3.63, 3.8) is 0 Å². The van der Waals surface area contributed by atoms with Crippen LogP contribution in [-0.4, -0.2) is 9.97 Å². The standard InChI is InChI=1S/C10H7F3N2O.C2H6/c1-5-8(10(11,12)13)6-2-3-14-4-7(6)15-9(5)16;1-2/h2-4H,1H3,(H,15,16);1-2H3. The van der Waals surface area contributed by atoms with Crippen LogP contribution in [0.15, 0.2) is 23.3 Å². The van der Waals surface area contributed by atoms with Crippen molar-refractivity contribution in [1.29, 1.82) is 0 Å². The third-order valence-electron chi connectivity index (χ3n) is 2.34. The van der Waals surface area contributed by atoms with E-state index in [-0.39, 0.29) is 16.5 Å². The van der Waals surface area contributed by atoms with Crippen LogP contribution in [0.2, 0.25) is 0 Å². The molecule has 0 saturated carbocycles. The number of H-pyrrole nitrogens is 1. The first-order valence-electron chi connectivity index (χ1n) is 5.45. The Balaban J connectivity index is 0.000000771. The van der Waals surface area contributed by atoms with Crippen LogP contribution in [0.1, 0.15) is 25.0 Å². The van der Waals surface area contributed by atoms with Gasteiger partial charge >= 0.3 is 6.18 Å². The Labute approximate surface area is 102 Å². The van der Waals surface area contributed by atoms with Gasteiger partial charge in [0.2, 0.25) is 0 Å². The summed E-state index contributed by atoms with van der Waals surface area (Å²) in [6.07, 6.45) is -2.08. The summed E-state index contributed by atoms with van der Waals surface area (Å²) in [6, 6.07) is 1.24. The second-order valence-electron chi connectivity index (χ2n) is 3.37. The Morgan fingerprint density at radius 1 is 1.28 bits per heavy atom. The average Bonchev–Trinajstić information content (AvgIpc) is 2.31. The van der Waals surface area contributed by atoms with Crippen LogP contribution in [0.5, 0.6) is 0 Å². The van der Waals surface area contributed by atoms with Gasteiger partial charge in [0.05, 0.1) is 17.3 Å². The van der Waals surface area contributed by atoms with Gasteiger partial charge in [-0.1, -0.05) is 13.8 Å². The van der Waals surface area contributed by atoms with E-state index in [0.29, 0.717) is 0 Å². The molecule has 0 spiro atoms. The zero-order valence-electron chi connectivity index (χ0n) is 10.2. The van der Waals surface area contributed by atoms with Crippen LogP contribution in [0.25, 0.3) is 10.9 Å². The van der Waals surface area contributed by atoms with Gasteiger partial charge in [0.1, 0.15) is 0 Å². The summed E-state index contributed by atoms with van der Waals surface area (Å²) in [5, 5.41) is -0.0420. The smallest absolute Gasteiger partial charge is 0.320 e. The van der Waals surface area contributed by atoms with E-state index in [1.807, 2.05) is 13.8 Å². The lowest BCUT2D eigenvalue weighted by atomic mass is 10.1. The number of pyridine rings is 2. The molecule has 18 heavy (non-hydrogen) atoms. The molecule has 2 aromatic heterocycles. The van der Waals surface area contributed by atoms with Crippen molar-refractivity contribution in [1.82, 2.24) is 9.97 Å². The van der Waals surface area contributed by atoms with Crippen molar-refractivity contribution in [3.05, 3.63) is 39.9 Å². The molecule has 0 aliphatic rings. The van der Waals surface area contributed by atoms with Crippen molar-refractivity contribution in [2.45, 2.75) is 26.9 Å². The number of alkyl halides is 3. The lowest BCUT2D eigenvalue weighted by Crippen LogP contribution is -2.19. The van der Waals surface area contributed by atoms with Crippen molar-refractivity contribution < 1.29 is 13.2 Å². The number of rotatable bonds is 0. The lowest BCUT2D eigenvalue weighted by molar-refractivity contribution is -0.136. The largest absolute Gasteiger partial charge is 0.417 e. The quantitative estimate of drug-likeness (QED) is 0.788. The monoisotopic (exact) mass is 258 g/mol. The third kappa shape index (κ3) is 2.52.